The molecule has 3 aromatic rings. The number of anilines is 1. The van der Waals surface area contributed by atoms with Crippen LogP contribution in [0.4, 0.5) is 15.0 Å². The van der Waals surface area contributed by atoms with Gasteiger partial charge in [0.05, 0.1) is 16.6 Å². The largest absolute Gasteiger partial charge is 0.450 e. The number of pyridine rings is 1. The molecule has 1 amide bonds. The van der Waals surface area contributed by atoms with E-state index >= 15 is 0 Å². The fourth-order valence-electron chi connectivity index (χ4n) is 3.81. The van der Waals surface area contributed by atoms with Gasteiger partial charge in [-0.2, -0.15) is 0 Å². The minimum atomic E-state index is -4.12. The molecule has 0 aliphatic rings. The summed E-state index contributed by atoms with van der Waals surface area (Å²) in [6.07, 6.45) is -0.778. The number of carbonyl (C=O) groups excluding carboxylic acids is 2. The zero-order valence-corrected chi connectivity index (χ0v) is 25.1. The first-order valence-electron chi connectivity index (χ1n) is 13.0. The molecular weight excluding hydrogens is 549 g/mol. The molecule has 0 bridgehead atoms. The normalized spacial score (nSPS) is 12.9. The molecule has 1 aromatic heterocycles. The number of carbonyl (C=O) groups is 2. The molecule has 1 atom stereocenters. The molecule has 1 unspecified atom stereocenters. The van der Waals surface area contributed by atoms with Crippen LogP contribution in [-0.2, 0) is 36.2 Å². The Bertz CT molecular complexity index is 1480. The van der Waals surface area contributed by atoms with Crippen molar-refractivity contribution in [1.29, 1.82) is 0 Å². The van der Waals surface area contributed by atoms with Crippen LogP contribution >= 0.6 is 0 Å². The summed E-state index contributed by atoms with van der Waals surface area (Å²) in [5.74, 6) is -1.43. The molecule has 0 saturated heterocycles. The maximum atomic E-state index is 13.5. The van der Waals surface area contributed by atoms with Crippen LogP contribution in [0, 0.1) is 5.82 Å². The fourth-order valence-corrected chi connectivity index (χ4v) is 5.02. The van der Waals surface area contributed by atoms with E-state index in [1.54, 1.807) is 32.9 Å². The van der Waals surface area contributed by atoms with E-state index < -0.39 is 39.5 Å². The number of hydrogen-bond acceptors (Lipinski definition) is 7. The molecule has 41 heavy (non-hydrogen) atoms. The number of amides is 1. The molecule has 0 saturated carbocycles. The molecule has 1 heterocycles. The first-order valence-corrected chi connectivity index (χ1v) is 14.5. The quantitative estimate of drug-likeness (QED) is 0.338. The lowest BCUT2D eigenvalue weighted by Crippen LogP contribution is -2.39. The van der Waals surface area contributed by atoms with Gasteiger partial charge in [0.2, 0.25) is 10.0 Å². The lowest BCUT2D eigenvalue weighted by atomic mass is 9.86. The van der Waals surface area contributed by atoms with E-state index in [1.165, 1.54) is 18.2 Å². The van der Waals surface area contributed by atoms with E-state index in [0.29, 0.717) is 5.06 Å². The van der Waals surface area contributed by atoms with Gasteiger partial charge in [0.25, 0.3) is 0 Å². The van der Waals surface area contributed by atoms with Crippen molar-refractivity contribution in [2.24, 2.45) is 0 Å². The standard InChI is InChI=1S/C30H36FN3O6S/c1-20(35)40-34(28(36)39-30(5,6)7)27-10-8-9-25(32-27)26(19-21-11-13-22(14-12-21)29(2,3)4)33-41(37,38)24-17-15-23(31)16-18-24/h8-18,26,33H,19H2,1-7H3. The highest BCUT2D eigenvalue weighted by atomic mass is 32.2. The highest BCUT2D eigenvalue weighted by Gasteiger charge is 2.29. The second-order valence-electron chi connectivity index (χ2n) is 11.6. The van der Waals surface area contributed by atoms with Gasteiger partial charge in [-0.15, -0.1) is 0 Å². The van der Waals surface area contributed by atoms with Crippen LogP contribution in [0.5, 0.6) is 0 Å². The summed E-state index contributed by atoms with van der Waals surface area (Å²) >= 11 is 0. The van der Waals surface area contributed by atoms with Gasteiger partial charge in [0, 0.05) is 6.92 Å². The number of halogens is 1. The number of sulfonamides is 1. The summed E-state index contributed by atoms with van der Waals surface area (Å²) < 4.78 is 48.1. The third kappa shape index (κ3) is 9.09. The van der Waals surface area contributed by atoms with Crippen molar-refractivity contribution in [2.75, 3.05) is 5.06 Å². The molecule has 0 radical (unpaired) electrons. The van der Waals surface area contributed by atoms with E-state index in [4.69, 9.17) is 9.57 Å². The molecule has 0 fully saturated rings. The Morgan fingerprint density at radius 1 is 0.951 bits per heavy atom. The van der Waals surface area contributed by atoms with Gasteiger partial charge < -0.3 is 9.57 Å². The van der Waals surface area contributed by atoms with E-state index in [2.05, 4.69) is 30.5 Å². The number of rotatable bonds is 7. The van der Waals surface area contributed by atoms with Gasteiger partial charge in [-0.05, 0) is 80.1 Å². The number of nitrogens with one attached hydrogen (secondary N) is 1. The maximum absolute atomic E-state index is 13.5. The average Bonchev–Trinajstić information content (AvgIpc) is 2.86. The van der Waals surface area contributed by atoms with Crippen molar-refractivity contribution in [1.82, 2.24) is 9.71 Å². The molecule has 3 rings (SSSR count). The Morgan fingerprint density at radius 2 is 1.56 bits per heavy atom. The van der Waals surface area contributed by atoms with Crippen LogP contribution in [0.25, 0.3) is 0 Å². The van der Waals surface area contributed by atoms with Gasteiger partial charge in [-0.3, -0.25) is 0 Å². The summed E-state index contributed by atoms with van der Waals surface area (Å²) in [7, 11) is -4.12. The lowest BCUT2D eigenvalue weighted by molar-refractivity contribution is -0.142. The van der Waals surface area contributed by atoms with E-state index in [9.17, 15) is 22.4 Å². The first kappa shape index (κ1) is 31.7. The van der Waals surface area contributed by atoms with Gasteiger partial charge in [0.1, 0.15) is 11.4 Å². The Balaban J connectivity index is 2.04. The van der Waals surface area contributed by atoms with Crippen molar-refractivity contribution >= 4 is 27.9 Å². The number of nitrogens with zero attached hydrogens (tertiary/aromatic N) is 2. The Labute approximate surface area is 240 Å². The number of ether oxygens (including phenoxy) is 1. The predicted molar refractivity (Wildman–Crippen MR) is 153 cm³/mol. The third-order valence-electron chi connectivity index (χ3n) is 5.78. The number of hydrogen-bond donors (Lipinski definition) is 1. The zero-order chi connectivity index (χ0) is 30.6. The van der Waals surface area contributed by atoms with E-state index in [0.717, 1.165) is 30.2 Å². The average molecular weight is 586 g/mol. The van der Waals surface area contributed by atoms with Crippen LogP contribution in [-0.4, -0.2) is 31.1 Å². The van der Waals surface area contributed by atoms with Crippen LogP contribution in [0.3, 0.4) is 0 Å². The van der Waals surface area contributed by atoms with Gasteiger partial charge in [-0.25, -0.2) is 32.1 Å². The number of aromatic nitrogens is 1. The minimum absolute atomic E-state index is 0.0696. The van der Waals surface area contributed by atoms with Crippen LogP contribution in [0.2, 0.25) is 0 Å². The molecule has 220 valence electrons. The lowest BCUT2D eigenvalue weighted by Gasteiger charge is -2.26. The molecule has 11 heteroatoms. The van der Waals surface area contributed by atoms with E-state index in [1.807, 2.05) is 24.3 Å². The van der Waals surface area contributed by atoms with Gasteiger partial charge in [0.15, 0.2) is 5.82 Å². The van der Waals surface area contributed by atoms with Crippen molar-refractivity contribution < 1.29 is 32.0 Å². The summed E-state index contributed by atoms with van der Waals surface area (Å²) in [5.41, 5.74) is 1.22. The van der Waals surface area contributed by atoms with Crippen LogP contribution in [0.15, 0.2) is 71.6 Å². The Kier molecular flexibility index (Phi) is 9.55. The molecular formula is C30H36FN3O6S. The molecule has 1 N–H and O–H groups in total. The second-order valence-corrected chi connectivity index (χ2v) is 13.3. The topological polar surface area (TPSA) is 115 Å². The van der Waals surface area contributed by atoms with Crippen molar-refractivity contribution in [3.05, 3.63) is 89.4 Å². The number of benzene rings is 2. The van der Waals surface area contributed by atoms with Gasteiger partial charge in [-0.1, -0.05) is 56.2 Å². The molecule has 9 nitrogen and oxygen atoms in total. The monoisotopic (exact) mass is 585 g/mol. The van der Waals surface area contributed by atoms with Crippen molar-refractivity contribution in [3.63, 3.8) is 0 Å². The van der Waals surface area contributed by atoms with Gasteiger partial charge >= 0.3 is 12.1 Å². The third-order valence-corrected chi connectivity index (χ3v) is 7.27. The minimum Gasteiger partial charge on any atom is -0.441 e. The smallest absolute Gasteiger partial charge is 0.441 e. The molecule has 0 aliphatic carbocycles. The molecule has 0 spiro atoms. The summed E-state index contributed by atoms with van der Waals surface area (Å²) in [6, 6.07) is 15.9. The first-order chi connectivity index (χ1) is 18.9. The highest BCUT2D eigenvalue weighted by Crippen LogP contribution is 2.27. The highest BCUT2D eigenvalue weighted by molar-refractivity contribution is 7.89. The Morgan fingerprint density at radius 3 is 2.10 bits per heavy atom. The molecule has 2 aromatic carbocycles. The maximum Gasteiger partial charge on any atom is 0.450 e. The van der Waals surface area contributed by atoms with Crippen LogP contribution < -0.4 is 9.79 Å². The zero-order valence-electron chi connectivity index (χ0n) is 24.3. The summed E-state index contributed by atoms with van der Waals surface area (Å²) in [6.45, 7) is 12.4. The van der Waals surface area contributed by atoms with Crippen molar-refractivity contribution in [3.8, 4) is 0 Å². The second kappa shape index (κ2) is 12.4. The Hall–Kier alpha value is -3.83. The predicted octanol–water partition coefficient (Wildman–Crippen LogP) is 6.00. The van der Waals surface area contributed by atoms with Crippen molar-refractivity contribution in [2.45, 2.75) is 76.8 Å². The van der Waals surface area contributed by atoms with Crippen LogP contribution in [0.1, 0.15) is 71.3 Å². The number of hydroxylamine groups is 1. The molecule has 0 aliphatic heterocycles. The van der Waals surface area contributed by atoms with E-state index in [-0.39, 0.29) is 28.2 Å². The SMILES string of the molecule is CC(=O)ON(C(=O)OC(C)(C)C)c1cccc(C(Cc2ccc(C(C)(C)C)cc2)NS(=O)(=O)c2ccc(F)cc2)n1. The fraction of sp³-hybridized carbons (Fsp3) is 0.367. The summed E-state index contributed by atoms with van der Waals surface area (Å²) in [5, 5.41) is 0.626. The summed E-state index contributed by atoms with van der Waals surface area (Å²) in [4.78, 5) is 34.1.